The number of rotatable bonds is 5. The Kier molecular flexibility index (Phi) is 7.24. The molecule has 1 rings (SSSR count). The quantitative estimate of drug-likeness (QED) is 0.788. The van der Waals surface area contributed by atoms with Crippen LogP contribution in [-0.4, -0.2) is 55.5 Å². The molecule has 20 heavy (non-hydrogen) atoms. The summed E-state index contributed by atoms with van der Waals surface area (Å²) >= 11 is 0. The van der Waals surface area contributed by atoms with Crippen molar-refractivity contribution in [1.29, 1.82) is 0 Å². The van der Waals surface area contributed by atoms with E-state index in [9.17, 15) is 9.90 Å². The predicted octanol–water partition coefficient (Wildman–Crippen LogP) is 0.279. The van der Waals surface area contributed by atoms with Crippen LogP contribution in [0.25, 0.3) is 0 Å². The van der Waals surface area contributed by atoms with Gasteiger partial charge in [-0.15, -0.1) is 0 Å². The van der Waals surface area contributed by atoms with Crippen LogP contribution in [0.3, 0.4) is 0 Å². The monoisotopic (exact) mass is 283 g/mol. The Hall–Kier alpha value is -1.59. The van der Waals surface area contributed by atoms with Crippen molar-refractivity contribution in [3.63, 3.8) is 0 Å². The number of carboxylic acid groups (broad SMARTS) is 1. The molecule has 114 valence electrons. The van der Waals surface area contributed by atoms with Crippen molar-refractivity contribution in [2.24, 2.45) is 0 Å². The number of carboxylic acids is 1. The first-order valence-corrected chi connectivity index (χ1v) is 6.45. The zero-order chi connectivity index (χ0) is 15.8. The molecule has 0 saturated carbocycles. The summed E-state index contributed by atoms with van der Waals surface area (Å²) in [5.41, 5.74) is -1.29. The van der Waals surface area contributed by atoms with Crippen LogP contribution in [0.4, 0.5) is 0 Å². The van der Waals surface area contributed by atoms with Gasteiger partial charge in [-0.05, 0) is 26.0 Å². The van der Waals surface area contributed by atoms with E-state index >= 15 is 0 Å². The van der Waals surface area contributed by atoms with Gasteiger partial charge in [0.1, 0.15) is 17.9 Å². The Labute approximate surface area is 121 Å². The summed E-state index contributed by atoms with van der Waals surface area (Å²) in [6.45, 7) is 4.02. The summed E-state index contributed by atoms with van der Waals surface area (Å²) in [4.78, 5) is 10.6. The van der Waals surface area contributed by atoms with Crippen LogP contribution < -0.4 is 9.84 Å². The number of ether oxygens (including phenoxy) is 1. The van der Waals surface area contributed by atoms with E-state index in [1.165, 1.54) is 13.8 Å². The first-order valence-electron chi connectivity index (χ1n) is 6.45. The van der Waals surface area contributed by atoms with Crippen LogP contribution in [0, 0.1) is 0 Å². The number of para-hydroxylation sites is 1. The van der Waals surface area contributed by atoms with E-state index in [0.29, 0.717) is 5.75 Å². The maximum absolute atomic E-state index is 10.6. The molecule has 0 radical (unpaired) electrons. The molecule has 0 aromatic heterocycles. The highest BCUT2D eigenvalue weighted by molar-refractivity contribution is 5.74. The Bertz CT molecular complexity index is 396. The minimum absolute atomic E-state index is 0.281. The minimum Gasteiger partial charge on any atom is -0.546 e. The predicted molar refractivity (Wildman–Crippen MR) is 76.1 cm³/mol. The number of carbonyl (C=O) groups is 1. The van der Waals surface area contributed by atoms with E-state index in [-0.39, 0.29) is 6.61 Å². The van der Waals surface area contributed by atoms with Gasteiger partial charge in [0, 0.05) is 0 Å². The molecule has 5 heteroatoms. The van der Waals surface area contributed by atoms with Gasteiger partial charge in [0.25, 0.3) is 0 Å². The van der Waals surface area contributed by atoms with Gasteiger partial charge in [-0.25, -0.2) is 0 Å². The lowest BCUT2D eigenvalue weighted by molar-refractivity contribution is -0.870. The average Bonchev–Trinajstić information content (AvgIpc) is 2.28. The molecule has 0 bridgehead atoms. The van der Waals surface area contributed by atoms with Gasteiger partial charge in [0.15, 0.2) is 0 Å². The number of hydrogen-bond acceptors (Lipinski definition) is 4. The molecule has 0 saturated heterocycles. The molecule has 0 aliphatic heterocycles. The number of quaternary nitrogens is 1. The van der Waals surface area contributed by atoms with E-state index in [1.54, 1.807) is 24.3 Å². The molecule has 0 heterocycles. The van der Waals surface area contributed by atoms with Gasteiger partial charge in [-0.2, -0.15) is 0 Å². The van der Waals surface area contributed by atoms with Crippen LogP contribution in [0.1, 0.15) is 13.8 Å². The number of nitrogens with zero attached hydrogens (tertiary/aromatic N) is 1. The maximum atomic E-state index is 10.6. The van der Waals surface area contributed by atoms with Crippen LogP contribution in [0.2, 0.25) is 0 Å². The SMILES string of the molecule is CC(C)(Oc1ccccc1)C(=O)[O-].C[N+](C)(C)CCO. The highest BCUT2D eigenvalue weighted by Gasteiger charge is 2.20. The highest BCUT2D eigenvalue weighted by atomic mass is 16.5. The van der Waals surface area contributed by atoms with Crippen LogP contribution >= 0.6 is 0 Å². The van der Waals surface area contributed by atoms with E-state index in [1.807, 2.05) is 6.07 Å². The fourth-order valence-corrected chi connectivity index (χ4v) is 1.12. The van der Waals surface area contributed by atoms with Crippen molar-refractivity contribution in [1.82, 2.24) is 0 Å². The number of aliphatic carboxylic acids is 1. The van der Waals surface area contributed by atoms with E-state index in [2.05, 4.69) is 21.1 Å². The number of aliphatic hydroxyl groups excluding tert-OH is 1. The van der Waals surface area contributed by atoms with Gasteiger partial charge < -0.3 is 24.2 Å². The fourth-order valence-electron chi connectivity index (χ4n) is 1.12. The maximum Gasteiger partial charge on any atom is 0.143 e. The Morgan fingerprint density at radius 3 is 2.05 bits per heavy atom. The number of carbonyl (C=O) groups excluding carboxylic acids is 1. The van der Waals surface area contributed by atoms with E-state index in [4.69, 9.17) is 9.84 Å². The number of benzene rings is 1. The van der Waals surface area contributed by atoms with Gasteiger partial charge in [-0.1, -0.05) is 18.2 Å². The molecule has 0 amide bonds. The standard InChI is InChI=1S/C10H12O3.C5H14NO/c1-10(2,9(11)12)13-8-6-4-3-5-7-8;1-6(2,3)4-5-7/h3-7H,1-2H3,(H,11,12);7H,4-5H2,1-3H3/q;+1/p-1. The largest absolute Gasteiger partial charge is 0.546 e. The summed E-state index contributed by atoms with van der Waals surface area (Å²) in [6, 6.07) is 8.79. The number of likely N-dealkylation sites (N-methyl/N-ethyl adjacent to an activating group) is 1. The van der Waals surface area contributed by atoms with Crippen molar-refractivity contribution < 1.29 is 24.2 Å². The molecule has 0 unspecified atom stereocenters. The third kappa shape index (κ3) is 8.50. The van der Waals surface area contributed by atoms with Gasteiger partial charge in [0.2, 0.25) is 0 Å². The van der Waals surface area contributed by atoms with Crippen molar-refractivity contribution >= 4 is 5.97 Å². The van der Waals surface area contributed by atoms with Crippen molar-refractivity contribution in [3.05, 3.63) is 30.3 Å². The van der Waals surface area contributed by atoms with Gasteiger partial charge in [-0.3, -0.25) is 0 Å². The lowest BCUT2D eigenvalue weighted by Crippen LogP contribution is -2.47. The molecular weight excluding hydrogens is 258 g/mol. The topological polar surface area (TPSA) is 69.6 Å². The lowest BCUT2D eigenvalue weighted by atomic mass is 10.1. The average molecular weight is 283 g/mol. The molecule has 1 N–H and O–H groups in total. The summed E-state index contributed by atoms with van der Waals surface area (Å²) in [7, 11) is 6.16. The molecular formula is C15H25NO4. The summed E-state index contributed by atoms with van der Waals surface area (Å²) < 4.78 is 6.04. The molecule has 1 aromatic carbocycles. The highest BCUT2D eigenvalue weighted by Crippen LogP contribution is 2.16. The molecule has 0 aliphatic rings. The Balaban J connectivity index is 0.000000441. The Morgan fingerprint density at radius 1 is 1.25 bits per heavy atom. The first kappa shape index (κ1) is 18.4. The van der Waals surface area contributed by atoms with Crippen LogP contribution in [0.5, 0.6) is 5.75 Å². The van der Waals surface area contributed by atoms with Crippen molar-refractivity contribution in [3.8, 4) is 5.75 Å². The van der Waals surface area contributed by atoms with Gasteiger partial charge >= 0.3 is 0 Å². The molecule has 0 fully saturated rings. The fraction of sp³-hybridized carbons (Fsp3) is 0.533. The second-order valence-corrected chi connectivity index (χ2v) is 5.95. The Morgan fingerprint density at radius 2 is 1.75 bits per heavy atom. The first-order chi connectivity index (χ1) is 9.08. The summed E-state index contributed by atoms with van der Waals surface area (Å²) in [6.07, 6.45) is 0. The lowest BCUT2D eigenvalue weighted by Gasteiger charge is -2.27. The molecule has 0 spiro atoms. The summed E-state index contributed by atoms with van der Waals surface area (Å²) in [5, 5.41) is 19.0. The molecule has 0 atom stereocenters. The number of aliphatic hydroxyl groups is 1. The van der Waals surface area contributed by atoms with Crippen molar-refractivity contribution in [2.45, 2.75) is 19.4 Å². The second-order valence-electron chi connectivity index (χ2n) is 5.95. The van der Waals surface area contributed by atoms with Crippen molar-refractivity contribution in [2.75, 3.05) is 34.3 Å². The molecule has 5 nitrogen and oxygen atoms in total. The van der Waals surface area contributed by atoms with E-state index in [0.717, 1.165) is 11.0 Å². The third-order valence-corrected chi connectivity index (χ3v) is 2.38. The third-order valence-electron chi connectivity index (χ3n) is 2.38. The van der Waals surface area contributed by atoms with Gasteiger partial charge in [0.05, 0.1) is 33.7 Å². The van der Waals surface area contributed by atoms with E-state index < -0.39 is 11.6 Å². The zero-order valence-electron chi connectivity index (χ0n) is 12.9. The number of hydrogen-bond donors (Lipinski definition) is 1. The second kappa shape index (κ2) is 7.87. The smallest absolute Gasteiger partial charge is 0.143 e. The van der Waals surface area contributed by atoms with Crippen LogP contribution in [0.15, 0.2) is 30.3 Å². The molecule has 0 aliphatic carbocycles. The molecule has 1 aromatic rings. The minimum atomic E-state index is -1.29. The normalized spacial score (nSPS) is 11.3. The van der Waals surface area contributed by atoms with Crippen LogP contribution in [-0.2, 0) is 4.79 Å². The zero-order valence-corrected chi connectivity index (χ0v) is 12.9. The summed E-state index contributed by atoms with van der Waals surface area (Å²) in [5.74, 6) is -0.701.